The third kappa shape index (κ3) is 2.73. The molecule has 2 N–H and O–H groups in total. The average Bonchev–Trinajstić information content (AvgIpc) is 3.26. The maximum atomic E-state index is 12.9. The summed E-state index contributed by atoms with van der Waals surface area (Å²) in [6, 6.07) is 4.75. The molecule has 0 unspecified atom stereocenters. The summed E-state index contributed by atoms with van der Waals surface area (Å²) >= 11 is 0. The standard InChI is InChI=1S/C14H18FN3O3S/c15-11-1-3-12(4-2-11)22(20,21)18-9-7-17(8-10-18)13(19)14(16)5-6-14/h1-4H,5-10,16H2. The van der Waals surface area contributed by atoms with Crippen molar-refractivity contribution in [2.45, 2.75) is 23.3 Å². The van der Waals surface area contributed by atoms with Gasteiger partial charge in [-0.05, 0) is 37.1 Å². The first-order valence-corrected chi connectivity index (χ1v) is 8.61. The van der Waals surface area contributed by atoms with Crippen LogP contribution in [-0.2, 0) is 14.8 Å². The van der Waals surface area contributed by atoms with Gasteiger partial charge in [-0.3, -0.25) is 4.79 Å². The highest BCUT2D eigenvalue weighted by Crippen LogP contribution is 2.34. The molecule has 22 heavy (non-hydrogen) atoms. The monoisotopic (exact) mass is 327 g/mol. The Morgan fingerprint density at radius 3 is 2.14 bits per heavy atom. The van der Waals surface area contributed by atoms with Gasteiger partial charge >= 0.3 is 0 Å². The van der Waals surface area contributed by atoms with Gasteiger partial charge in [-0.2, -0.15) is 4.31 Å². The fraction of sp³-hybridized carbons (Fsp3) is 0.500. The predicted octanol–water partition coefficient (Wildman–Crippen LogP) is 0.150. The van der Waals surface area contributed by atoms with Gasteiger partial charge in [0.2, 0.25) is 15.9 Å². The van der Waals surface area contributed by atoms with Gasteiger partial charge in [-0.1, -0.05) is 0 Å². The van der Waals surface area contributed by atoms with Gasteiger partial charge in [0.15, 0.2) is 0 Å². The Morgan fingerprint density at radius 1 is 1.09 bits per heavy atom. The maximum absolute atomic E-state index is 12.9. The van der Waals surface area contributed by atoms with E-state index in [1.54, 1.807) is 4.90 Å². The zero-order chi connectivity index (χ0) is 16.0. The maximum Gasteiger partial charge on any atom is 0.243 e. The summed E-state index contributed by atoms with van der Waals surface area (Å²) in [5.41, 5.74) is 5.16. The smallest absolute Gasteiger partial charge is 0.243 e. The molecule has 1 aliphatic heterocycles. The van der Waals surface area contributed by atoms with Crippen LogP contribution >= 0.6 is 0 Å². The fourth-order valence-electron chi connectivity index (χ4n) is 2.55. The number of amides is 1. The summed E-state index contributed by atoms with van der Waals surface area (Å²) in [7, 11) is -3.65. The summed E-state index contributed by atoms with van der Waals surface area (Å²) in [4.78, 5) is 13.8. The second kappa shape index (κ2) is 5.29. The molecule has 0 spiro atoms. The minimum Gasteiger partial charge on any atom is -0.338 e. The molecule has 1 saturated heterocycles. The molecule has 2 fully saturated rings. The Bertz CT molecular complexity index is 678. The number of piperazine rings is 1. The van der Waals surface area contributed by atoms with Crippen molar-refractivity contribution in [2.75, 3.05) is 26.2 Å². The Kier molecular flexibility index (Phi) is 3.70. The van der Waals surface area contributed by atoms with Crippen LogP contribution in [0.15, 0.2) is 29.2 Å². The van der Waals surface area contributed by atoms with E-state index in [0.29, 0.717) is 25.9 Å². The number of carbonyl (C=O) groups excluding carboxylic acids is 1. The van der Waals surface area contributed by atoms with Gasteiger partial charge < -0.3 is 10.6 Å². The minimum absolute atomic E-state index is 0.0613. The molecule has 120 valence electrons. The number of sulfonamides is 1. The highest BCUT2D eigenvalue weighted by molar-refractivity contribution is 7.89. The average molecular weight is 327 g/mol. The van der Waals surface area contributed by atoms with Crippen molar-refractivity contribution in [2.24, 2.45) is 5.73 Å². The number of hydrogen-bond donors (Lipinski definition) is 1. The molecular weight excluding hydrogens is 309 g/mol. The van der Waals surface area contributed by atoms with E-state index in [9.17, 15) is 17.6 Å². The fourth-order valence-corrected chi connectivity index (χ4v) is 3.97. The van der Waals surface area contributed by atoms with Crippen LogP contribution in [0.5, 0.6) is 0 Å². The number of carbonyl (C=O) groups is 1. The van der Waals surface area contributed by atoms with Crippen molar-refractivity contribution in [3.05, 3.63) is 30.1 Å². The van der Waals surface area contributed by atoms with Crippen molar-refractivity contribution in [3.63, 3.8) is 0 Å². The van der Waals surface area contributed by atoms with Crippen LogP contribution < -0.4 is 5.73 Å². The van der Waals surface area contributed by atoms with Gasteiger partial charge in [0.1, 0.15) is 5.82 Å². The van der Waals surface area contributed by atoms with Crippen LogP contribution in [0, 0.1) is 5.82 Å². The van der Waals surface area contributed by atoms with E-state index in [0.717, 1.165) is 12.1 Å². The van der Waals surface area contributed by atoms with Crippen molar-refractivity contribution in [1.29, 1.82) is 0 Å². The van der Waals surface area contributed by atoms with Gasteiger partial charge in [0.25, 0.3) is 0 Å². The molecule has 3 rings (SSSR count). The first kappa shape index (κ1) is 15.4. The summed E-state index contributed by atoms with van der Waals surface area (Å²) < 4.78 is 39.1. The van der Waals surface area contributed by atoms with E-state index in [2.05, 4.69) is 0 Å². The summed E-state index contributed by atoms with van der Waals surface area (Å²) in [6.07, 6.45) is 1.39. The first-order valence-electron chi connectivity index (χ1n) is 7.17. The zero-order valence-corrected chi connectivity index (χ0v) is 12.9. The first-order chi connectivity index (χ1) is 10.3. The largest absolute Gasteiger partial charge is 0.338 e. The van der Waals surface area contributed by atoms with Crippen LogP contribution in [0.1, 0.15) is 12.8 Å². The number of nitrogens with two attached hydrogens (primary N) is 1. The molecule has 0 bridgehead atoms. The van der Waals surface area contributed by atoms with Crippen LogP contribution in [0.3, 0.4) is 0 Å². The highest BCUT2D eigenvalue weighted by atomic mass is 32.2. The van der Waals surface area contributed by atoms with Crippen LogP contribution in [0.25, 0.3) is 0 Å². The number of hydrogen-bond acceptors (Lipinski definition) is 4. The Hall–Kier alpha value is -1.51. The number of benzene rings is 1. The molecule has 6 nitrogen and oxygen atoms in total. The van der Waals surface area contributed by atoms with Crippen molar-refractivity contribution < 1.29 is 17.6 Å². The third-order valence-corrected chi connectivity index (χ3v) is 6.10. The molecule has 1 saturated carbocycles. The van der Waals surface area contributed by atoms with E-state index in [-0.39, 0.29) is 23.9 Å². The highest BCUT2D eigenvalue weighted by Gasteiger charge is 2.48. The Balaban J connectivity index is 1.68. The van der Waals surface area contributed by atoms with Crippen LogP contribution in [0.4, 0.5) is 4.39 Å². The number of rotatable bonds is 3. The molecule has 1 aromatic rings. The third-order valence-electron chi connectivity index (χ3n) is 4.19. The number of nitrogens with zero attached hydrogens (tertiary/aromatic N) is 2. The van der Waals surface area contributed by atoms with Gasteiger partial charge in [-0.15, -0.1) is 0 Å². The molecule has 2 aliphatic rings. The Labute approximate surface area is 128 Å². The van der Waals surface area contributed by atoms with E-state index < -0.39 is 21.4 Å². The predicted molar refractivity (Wildman–Crippen MR) is 77.9 cm³/mol. The van der Waals surface area contributed by atoms with Gasteiger partial charge in [0, 0.05) is 26.2 Å². The lowest BCUT2D eigenvalue weighted by molar-refractivity contribution is -0.134. The molecule has 1 heterocycles. The second-order valence-corrected chi connectivity index (χ2v) is 7.74. The molecule has 0 aromatic heterocycles. The van der Waals surface area contributed by atoms with E-state index in [4.69, 9.17) is 5.73 Å². The van der Waals surface area contributed by atoms with Crippen molar-refractivity contribution >= 4 is 15.9 Å². The molecule has 0 atom stereocenters. The summed E-state index contributed by atoms with van der Waals surface area (Å²) in [5.74, 6) is -0.571. The topological polar surface area (TPSA) is 83.7 Å². The molecule has 1 amide bonds. The van der Waals surface area contributed by atoms with E-state index in [1.807, 2.05) is 0 Å². The molecule has 1 aromatic carbocycles. The Morgan fingerprint density at radius 2 is 1.64 bits per heavy atom. The van der Waals surface area contributed by atoms with Gasteiger partial charge in [0.05, 0.1) is 10.4 Å². The van der Waals surface area contributed by atoms with Crippen LogP contribution in [-0.4, -0.2) is 55.2 Å². The van der Waals surface area contributed by atoms with Crippen molar-refractivity contribution in [1.82, 2.24) is 9.21 Å². The SMILES string of the molecule is NC1(C(=O)N2CCN(S(=O)(=O)c3ccc(F)cc3)CC2)CC1. The number of halogens is 1. The molecular formula is C14H18FN3O3S. The lowest BCUT2D eigenvalue weighted by Gasteiger charge is -2.35. The van der Waals surface area contributed by atoms with E-state index in [1.165, 1.54) is 16.4 Å². The molecule has 8 heteroatoms. The summed E-state index contributed by atoms with van der Waals surface area (Å²) in [6.45, 7) is 1.11. The molecule has 1 aliphatic carbocycles. The molecule has 0 radical (unpaired) electrons. The summed E-state index contributed by atoms with van der Waals surface area (Å²) in [5, 5.41) is 0. The minimum atomic E-state index is -3.65. The van der Waals surface area contributed by atoms with Crippen molar-refractivity contribution in [3.8, 4) is 0 Å². The van der Waals surface area contributed by atoms with Gasteiger partial charge in [-0.25, -0.2) is 12.8 Å². The second-order valence-electron chi connectivity index (χ2n) is 5.81. The lowest BCUT2D eigenvalue weighted by Crippen LogP contribution is -2.55. The quantitative estimate of drug-likeness (QED) is 0.856. The van der Waals surface area contributed by atoms with Crippen LogP contribution in [0.2, 0.25) is 0 Å². The normalized spacial score (nSPS) is 21.6. The lowest BCUT2D eigenvalue weighted by atomic mass is 10.2. The van der Waals surface area contributed by atoms with E-state index >= 15 is 0 Å². The zero-order valence-electron chi connectivity index (χ0n) is 12.0.